The maximum Gasteiger partial charge on any atom is 0.232 e. The summed E-state index contributed by atoms with van der Waals surface area (Å²) in [6, 6.07) is 24.1. The first kappa shape index (κ1) is 23.3. The van der Waals surface area contributed by atoms with E-state index < -0.39 is 0 Å². The molecule has 1 fully saturated rings. The number of ether oxygens (including phenoxy) is 1. The first-order chi connectivity index (χ1) is 18.1. The summed E-state index contributed by atoms with van der Waals surface area (Å²) in [5.74, 6) is 2.74. The van der Waals surface area contributed by atoms with Crippen LogP contribution in [0.1, 0.15) is 42.7 Å². The highest BCUT2D eigenvalue weighted by atomic mass is 16.5. The van der Waals surface area contributed by atoms with Crippen molar-refractivity contribution in [3.05, 3.63) is 83.9 Å². The largest absolute Gasteiger partial charge is 0.457 e. The number of carbonyl (C=O) groups excluding carboxylic acids is 1. The zero-order chi connectivity index (χ0) is 25.4. The van der Waals surface area contributed by atoms with E-state index in [9.17, 15) is 4.79 Å². The molecule has 1 aliphatic heterocycles. The number of carbonyl (C=O) groups is 1. The summed E-state index contributed by atoms with van der Waals surface area (Å²) in [6.07, 6.45) is 3.70. The predicted octanol–water partition coefficient (Wildman–Crippen LogP) is 5.47. The molecule has 7 heteroatoms. The van der Waals surface area contributed by atoms with Crippen molar-refractivity contribution in [3.63, 3.8) is 0 Å². The molecule has 3 aromatic carbocycles. The number of rotatable bonds is 5. The second-order valence-corrected chi connectivity index (χ2v) is 10.1. The summed E-state index contributed by atoms with van der Waals surface area (Å²) in [6.45, 7) is 0. The Balaban J connectivity index is 1.13. The lowest BCUT2D eigenvalue weighted by Gasteiger charge is -2.32. The van der Waals surface area contributed by atoms with Crippen LogP contribution in [0.4, 0.5) is 11.8 Å². The fraction of sp³-hybridized carbons (Fsp3) is 0.300. The predicted molar refractivity (Wildman–Crippen MR) is 146 cm³/mol. The lowest BCUT2D eigenvalue weighted by atomic mass is 9.86. The molecule has 0 unspecified atom stereocenters. The number of hydrogen-bond acceptors (Lipinski definition) is 6. The van der Waals surface area contributed by atoms with Gasteiger partial charge in [-0.05, 0) is 49.9 Å². The van der Waals surface area contributed by atoms with Gasteiger partial charge in [0, 0.05) is 42.7 Å². The molecule has 37 heavy (non-hydrogen) atoms. The smallest absolute Gasteiger partial charge is 0.232 e. The van der Waals surface area contributed by atoms with Crippen molar-refractivity contribution in [2.24, 2.45) is 0 Å². The Labute approximate surface area is 216 Å². The molecule has 0 saturated heterocycles. The quantitative estimate of drug-likeness (QED) is 0.384. The molecule has 7 nitrogen and oxygen atoms in total. The van der Waals surface area contributed by atoms with Gasteiger partial charge in [0.2, 0.25) is 11.9 Å². The van der Waals surface area contributed by atoms with Crippen LogP contribution >= 0.6 is 0 Å². The van der Waals surface area contributed by atoms with Crippen LogP contribution in [0.25, 0.3) is 10.9 Å². The molecule has 2 heterocycles. The molecule has 4 aromatic rings. The molecule has 1 saturated carbocycles. The van der Waals surface area contributed by atoms with Gasteiger partial charge >= 0.3 is 0 Å². The summed E-state index contributed by atoms with van der Waals surface area (Å²) in [7, 11) is 4.00. The van der Waals surface area contributed by atoms with Gasteiger partial charge in [0.25, 0.3) is 0 Å². The minimum atomic E-state index is -0.368. The Hall–Kier alpha value is -4.13. The van der Waals surface area contributed by atoms with Gasteiger partial charge in [-0.15, -0.1) is 0 Å². The molecule has 2 aliphatic rings. The van der Waals surface area contributed by atoms with E-state index in [1.165, 1.54) is 0 Å². The van der Waals surface area contributed by atoms with E-state index in [1.54, 1.807) is 0 Å². The molecule has 2 N–H and O–H groups in total. The zero-order valence-electron chi connectivity index (χ0n) is 21.1. The fourth-order valence-corrected chi connectivity index (χ4v) is 5.51. The van der Waals surface area contributed by atoms with E-state index >= 15 is 0 Å². The lowest BCUT2D eigenvalue weighted by Crippen LogP contribution is -2.42. The molecule has 1 aliphatic carbocycles. The van der Waals surface area contributed by atoms with Crippen LogP contribution in [-0.2, 0) is 4.79 Å². The van der Waals surface area contributed by atoms with Crippen molar-refractivity contribution < 1.29 is 9.53 Å². The molecular formula is C30H31N5O2. The van der Waals surface area contributed by atoms with Crippen molar-refractivity contribution in [1.29, 1.82) is 0 Å². The molecule has 0 bridgehead atoms. The van der Waals surface area contributed by atoms with E-state index in [4.69, 9.17) is 14.7 Å². The van der Waals surface area contributed by atoms with Crippen molar-refractivity contribution in [1.82, 2.24) is 15.3 Å². The number of nitrogens with one attached hydrogen (secondary N) is 2. The van der Waals surface area contributed by atoms with Crippen LogP contribution < -0.4 is 20.3 Å². The van der Waals surface area contributed by atoms with Gasteiger partial charge in [0.05, 0.1) is 11.4 Å². The Kier molecular flexibility index (Phi) is 6.12. The van der Waals surface area contributed by atoms with Gasteiger partial charge in [-0.3, -0.25) is 4.79 Å². The van der Waals surface area contributed by atoms with E-state index in [2.05, 4.69) is 16.7 Å². The molecule has 1 amide bonds. The maximum absolute atomic E-state index is 13.6. The van der Waals surface area contributed by atoms with Crippen LogP contribution in [0.15, 0.2) is 72.8 Å². The van der Waals surface area contributed by atoms with Crippen molar-refractivity contribution >= 4 is 28.6 Å². The van der Waals surface area contributed by atoms with Gasteiger partial charge < -0.3 is 20.3 Å². The van der Waals surface area contributed by atoms with Crippen LogP contribution in [0.5, 0.6) is 11.5 Å². The summed E-state index contributed by atoms with van der Waals surface area (Å²) < 4.78 is 6.07. The van der Waals surface area contributed by atoms with Gasteiger partial charge in [-0.1, -0.05) is 48.5 Å². The summed E-state index contributed by atoms with van der Waals surface area (Å²) in [5, 5.41) is 7.94. The Morgan fingerprint density at radius 3 is 2.08 bits per heavy atom. The Bertz CT molecular complexity index is 1400. The van der Waals surface area contributed by atoms with E-state index in [0.29, 0.717) is 5.95 Å². The fourth-order valence-electron chi connectivity index (χ4n) is 5.51. The minimum Gasteiger partial charge on any atom is -0.457 e. The lowest BCUT2D eigenvalue weighted by molar-refractivity contribution is -0.122. The molecule has 1 aromatic heterocycles. The van der Waals surface area contributed by atoms with Crippen LogP contribution in [-0.4, -0.2) is 42.1 Å². The second-order valence-electron chi connectivity index (χ2n) is 10.1. The van der Waals surface area contributed by atoms with Crippen LogP contribution in [0, 0.1) is 0 Å². The van der Waals surface area contributed by atoms with Crippen molar-refractivity contribution in [2.45, 2.75) is 43.7 Å². The normalized spacial score (nSPS) is 18.9. The zero-order valence-corrected chi connectivity index (χ0v) is 21.1. The number of benzene rings is 3. The third-order valence-electron chi connectivity index (χ3n) is 7.36. The molecule has 0 radical (unpaired) electrons. The summed E-state index contributed by atoms with van der Waals surface area (Å²) in [4.78, 5) is 25.1. The number of aromatic nitrogens is 2. The van der Waals surface area contributed by atoms with E-state index in [-0.39, 0.29) is 23.9 Å². The van der Waals surface area contributed by atoms with Gasteiger partial charge in [0.15, 0.2) is 0 Å². The SMILES string of the molecule is CN(C)c1nc(NC2CCC(NC(=O)C3c4ccccc4Oc4ccccc43)CC2)nc2ccccc12. The minimum absolute atomic E-state index is 0.0353. The molecular weight excluding hydrogens is 462 g/mol. The van der Waals surface area contributed by atoms with E-state index in [0.717, 1.165) is 65.0 Å². The maximum atomic E-state index is 13.6. The highest BCUT2D eigenvalue weighted by Gasteiger charge is 2.34. The first-order valence-electron chi connectivity index (χ1n) is 12.9. The number of fused-ring (bicyclic) bond motifs is 3. The van der Waals surface area contributed by atoms with E-state index in [1.807, 2.05) is 85.7 Å². The third-order valence-corrected chi connectivity index (χ3v) is 7.36. The van der Waals surface area contributed by atoms with Gasteiger partial charge in [-0.2, -0.15) is 4.98 Å². The van der Waals surface area contributed by atoms with Gasteiger partial charge in [-0.25, -0.2) is 4.98 Å². The summed E-state index contributed by atoms with van der Waals surface area (Å²) in [5.41, 5.74) is 2.76. The third kappa shape index (κ3) is 4.57. The Morgan fingerprint density at radius 1 is 0.811 bits per heavy atom. The Morgan fingerprint density at radius 2 is 1.41 bits per heavy atom. The second kappa shape index (κ2) is 9.73. The average molecular weight is 494 g/mol. The van der Waals surface area contributed by atoms with Gasteiger partial charge in [0.1, 0.15) is 17.3 Å². The summed E-state index contributed by atoms with van der Waals surface area (Å²) >= 11 is 0. The van der Waals surface area contributed by atoms with Crippen molar-refractivity contribution in [2.75, 3.05) is 24.3 Å². The molecule has 0 atom stereocenters. The monoisotopic (exact) mass is 493 g/mol. The number of anilines is 2. The topological polar surface area (TPSA) is 79.4 Å². The van der Waals surface area contributed by atoms with Crippen molar-refractivity contribution in [3.8, 4) is 11.5 Å². The average Bonchev–Trinajstić information content (AvgIpc) is 2.92. The molecule has 188 valence electrons. The first-order valence-corrected chi connectivity index (χ1v) is 12.9. The van der Waals surface area contributed by atoms with Crippen LogP contribution in [0.3, 0.4) is 0 Å². The standard InChI is InChI=1S/C30H31N5O2/c1-35(2)28-21-9-3-6-12-24(21)33-30(34-28)32-20-17-15-19(16-18-20)31-29(36)27-22-10-4-7-13-25(22)37-26-14-8-5-11-23(26)27/h3-14,19-20,27H,15-18H2,1-2H3,(H,31,36)(H,32,33,34). The highest BCUT2D eigenvalue weighted by Crippen LogP contribution is 2.44. The molecule has 6 rings (SSSR count). The van der Waals surface area contributed by atoms with Crippen LogP contribution in [0.2, 0.25) is 0 Å². The number of para-hydroxylation sites is 3. The number of hydrogen-bond donors (Lipinski definition) is 2. The molecule has 0 spiro atoms. The highest BCUT2D eigenvalue weighted by molar-refractivity contribution is 5.91. The number of nitrogens with zero attached hydrogens (tertiary/aromatic N) is 3. The number of amides is 1.